The fourth-order valence-corrected chi connectivity index (χ4v) is 3.84. The standard InChI is InChI=1S/C22H20F3NO3/c23-19-7-6-16(20(24)21(19)25)8-15-9-17-12-28-13-18(10-15)26(17)22(27)29-11-14-4-2-1-3-5-14/h1-7,9,17-18H,8,10-13H2. The van der Waals surface area contributed by atoms with E-state index in [1.807, 2.05) is 36.4 Å². The van der Waals surface area contributed by atoms with Gasteiger partial charge in [-0.1, -0.05) is 48.0 Å². The number of hydrogen-bond donors (Lipinski definition) is 0. The summed E-state index contributed by atoms with van der Waals surface area (Å²) in [6.45, 7) is 0.822. The zero-order valence-electron chi connectivity index (χ0n) is 15.6. The predicted molar refractivity (Wildman–Crippen MR) is 99.6 cm³/mol. The van der Waals surface area contributed by atoms with E-state index >= 15 is 0 Å². The van der Waals surface area contributed by atoms with Crippen molar-refractivity contribution in [1.82, 2.24) is 4.90 Å². The molecule has 2 bridgehead atoms. The van der Waals surface area contributed by atoms with Crippen molar-refractivity contribution in [3.63, 3.8) is 0 Å². The Hall–Kier alpha value is -2.80. The van der Waals surface area contributed by atoms with Crippen LogP contribution in [-0.2, 0) is 22.5 Å². The van der Waals surface area contributed by atoms with Gasteiger partial charge in [-0.15, -0.1) is 0 Å². The molecule has 2 aromatic carbocycles. The number of benzene rings is 2. The van der Waals surface area contributed by atoms with Crippen molar-refractivity contribution in [2.75, 3.05) is 13.2 Å². The summed E-state index contributed by atoms with van der Waals surface area (Å²) in [5, 5.41) is 0. The lowest BCUT2D eigenvalue weighted by Gasteiger charge is -2.43. The summed E-state index contributed by atoms with van der Waals surface area (Å²) in [6, 6.07) is 11.0. The molecule has 1 amide bonds. The fourth-order valence-electron chi connectivity index (χ4n) is 3.84. The zero-order chi connectivity index (χ0) is 20.4. The minimum atomic E-state index is -1.46. The summed E-state index contributed by atoms with van der Waals surface area (Å²) in [7, 11) is 0. The van der Waals surface area contributed by atoms with Crippen molar-refractivity contribution < 1.29 is 27.4 Å². The van der Waals surface area contributed by atoms with Crippen LogP contribution in [0.15, 0.2) is 54.1 Å². The molecule has 0 spiro atoms. The zero-order valence-corrected chi connectivity index (χ0v) is 15.6. The van der Waals surface area contributed by atoms with Crippen LogP contribution in [0.1, 0.15) is 17.5 Å². The van der Waals surface area contributed by atoms with Gasteiger partial charge in [0.15, 0.2) is 17.5 Å². The fraction of sp³-hybridized carbons (Fsp3) is 0.318. The molecular weight excluding hydrogens is 383 g/mol. The maximum atomic E-state index is 14.0. The molecule has 0 N–H and O–H groups in total. The quantitative estimate of drug-likeness (QED) is 0.562. The van der Waals surface area contributed by atoms with E-state index in [1.54, 1.807) is 4.90 Å². The van der Waals surface area contributed by atoms with Crippen LogP contribution in [0.2, 0.25) is 0 Å². The molecule has 0 radical (unpaired) electrons. The van der Waals surface area contributed by atoms with Crippen LogP contribution in [0.4, 0.5) is 18.0 Å². The van der Waals surface area contributed by atoms with Gasteiger partial charge < -0.3 is 9.47 Å². The first-order valence-electron chi connectivity index (χ1n) is 9.41. The third kappa shape index (κ3) is 4.15. The predicted octanol–water partition coefficient (Wildman–Crippen LogP) is 4.38. The van der Waals surface area contributed by atoms with E-state index < -0.39 is 23.5 Å². The van der Waals surface area contributed by atoms with Gasteiger partial charge >= 0.3 is 6.09 Å². The molecule has 2 aromatic rings. The van der Waals surface area contributed by atoms with E-state index in [0.29, 0.717) is 19.6 Å². The number of fused-ring (bicyclic) bond motifs is 2. The first-order valence-corrected chi connectivity index (χ1v) is 9.41. The largest absolute Gasteiger partial charge is 0.445 e. The van der Waals surface area contributed by atoms with E-state index in [4.69, 9.17) is 9.47 Å². The molecule has 2 heterocycles. The van der Waals surface area contributed by atoms with E-state index in [9.17, 15) is 18.0 Å². The number of rotatable bonds is 4. The number of nitrogens with zero attached hydrogens (tertiary/aromatic N) is 1. The van der Waals surface area contributed by atoms with Gasteiger partial charge in [-0.05, 0) is 30.0 Å². The number of morpholine rings is 1. The highest BCUT2D eigenvalue weighted by Gasteiger charge is 2.38. The molecular formula is C22H20F3NO3. The van der Waals surface area contributed by atoms with E-state index in [1.165, 1.54) is 6.07 Å². The van der Waals surface area contributed by atoms with Gasteiger partial charge in [0.05, 0.1) is 25.3 Å². The second-order valence-corrected chi connectivity index (χ2v) is 7.25. The molecule has 0 saturated carbocycles. The van der Waals surface area contributed by atoms with Crippen LogP contribution in [0.3, 0.4) is 0 Å². The van der Waals surface area contributed by atoms with Gasteiger partial charge in [-0.2, -0.15) is 0 Å². The number of hydrogen-bond acceptors (Lipinski definition) is 3. The molecule has 152 valence electrons. The van der Waals surface area contributed by atoms with Gasteiger partial charge in [0.2, 0.25) is 0 Å². The molecule has 1 saturated heterocycles. The Balaban J connectivity index is 1.47. The molecule has 2 atom stereocenters. The van der Waals surface area contributed by atoms with Crippen LogP contribution >= 0.6 is 0 Å². The van der Waals surface area contributed by atoms with Gasteiger partial charge in [-0.25, -0.2) is 18.0 Å². The van der Waals surface area contributed by atoms with Crippen molar-refractivity contribution in [3.8, 4) is 0 Å². The Morgan fingerprint density at radius 3 is 2.62 bits per heavy atom. The van der Waals surface area contributed by atoms with Crippen LogP contribution in [0.5, 0.6) is 0 Å². The molecule has 0 aromatic heterocycles. The van der Waals surface area contributed by atoms with Crippen molar-refractivity contribution >= 4 is 6.09 Å². The van der Waals surface area contributed by atoms with Crippen molar-refractivity contribution in [3.05, 3.63) is 82.7 Å². The summed E-state index contributed by atoms with van der Waals surface area (Å²) in [5.74, 6) is -3.84. The van der Waals surface area contributed by atoms with E-state index in [-0.39, 0.29) is 30.7 Å². The van der Waals surface area contributed by atoms with Crippen LogP contribution in [0.25, 0.3) is 0 Å². The average Bonchev–Trinajstić information content (AvgIpc) is 2.72. The number of carbonyl (C=O) groups is 1. The van der Waals surface area contributed by atoms with Crippen molar-refractivity contribution in [2.24, 2.45) is 0 Å². The summed E-state index contributed by atoms with van der Waals surface area (Å²) in [5.41, 5.74) is 1.85. The van der Waals surface area contributed by atoms with Gasteiger partial charge in [0.25, 0.3) is 0 Å². The van der Waals surface area contributed by atoms with Gasteiger partial charge in [0.1, 0.15) is 6.61 Å². The normalized spacial score (nSPS) is 20.9. The number of amides is 1. The van der Waals surface area contributed by atoms with E-state index in [2.05, 4.69) is 0 Å². The average molecular weight is 403 g/mol. The Kier molecular flexibility index (Phi) is 5.58. The molecule has 2 aliphatic heterocycles. The lowest BCUT2D eigenvalue weighted by Crippen LogP contribution is -2.56. The van der Waals surface area contributed by atoms with Crippen LogP contribution < -0.4 is 0 Å². The molecule has 29 heavy (non-hydrogen) atoms. The van der Waals surface area contributed by atoms with Crippen LogP contribution in [-0.4, -0.2) is 36.3 Å². The molecule has 0 aliphatic carbocycles. The Bertz CT molecular complexity index is 932. The molecule has 2 aliphatic rings. The second-order valence-electron chi connectivity index (χ2n) is 7.25. The minimum Gasteiger partial charge on any atom is -0.445 e. The molecule has 1 fully saturated rings. The topological polar surface area (TPSA) is 38.8 Å². The van der Waals surface area contributed by atoms with E-state index in [0.717, 1.165) is 17.2 Å². The maximum absolute atomic E-state index is 14.0. The molecule has 4 rings (SSSR count). The Morgan fingerprint density at radius 1 is 1.07 bits per heavy atom. The highest BCUT2D eigenvalue weighted by molar-refractivity contribution is 5.69. The summed E-state index contributed by atoms with van der Waals surface area (Å²) in [6.07, 6.45) is 2.01. The number of carbonyl (C=O) groups excluding carboxylic acids is 1. The molecule has 2 unspecified atom stereocenters. The highest BCUT2D eigenvalue weighted by atomic mass is 19.2. The summed E-state index contributed by atoms with van der Waals surface area (Å²) < 4.78 is 51.7. The Labute approximate surface area is 166 Å². The number of halogens is 3. The van der Waals surface area contributed by atoms with Gasteiger partial charge in [-0.3, -0.25) is 4.90 Å². The lowest BCUT2D eigenvalue weighted by molar-refractivity contribution is -0.0374. The first kappa shape index (κ1) is 19.5. The summed E-state index contributed by atoms with van der Waals surface area (Å²) in [4.78, 5) is 14.3. The van der Waals surface area contributed by atoms with Crippen LogP contribution in [0, 0.1) is 17.5 Å². The number of ether oxygens (including phenoxy) is 2. The second kappa shape index (κ2) is 8.29. The third-order valence-corrected chi connectivity index (χ3v) is 5.22. The highest BCUT2D eigenvalue weighted by Crippen LogP contribution is 2.30. The Morgan fingerprint density at radius 2 is 1.86 bits per heavy atom. The maximum Gasteiger partial charge on any atom is 0.411 e. The third-order valence-electron chi connectivity index (χ3n) is 5.22. The lowest BCUT2D eigenvalue weighted by atomic mass is 9.90. The molecule has 4 nitrogen and oxygen atoms in total. The van der Waals surface area contributed by atoms with Crippen molar-refractivity contribution in [1.29, 1.82) is 0 Å². The molecule has 7 heteroatoms. The van der Waals surface area contributed by atoms with Crippen molar-refractivity contribution in [2.45, 2.75) is 31.5 Å². The monoisotopic (exact) mass is 403 g/mol. The SMILES string of the molecule is O=C(OCc1ccccc1)N1C2C=C(Cc3ccc(F)c(F)c3F)CC1COC2. The van der Waals surface area contributed by atoms with Gasteiger partial charge in [0, 0.05) is 0 Å². The smallest absolute Gasteiger partial charge is 0.411 e. The summed E-state index contributed by atoms with van der Waals surface area (Å²) >= 11 is 0. The first-order chi connectivity index (χ1) is 14.0. The minimum absolute atomic E-state index is 0.0919.